The first kappa shape index (κ1) is 15.3. The van der Waals surface area contributed by atoms with Crippen molar-refractivity contribution in [3.05, 3.63) is 108 Å². The number of fused-ring (bicyclic) bond motifs is 2. The molecular formula is C24H18O2. The number of benzene rings is 4. The van der Waals surface area contributed by atoms with E-state index in [1.165, 1.54) is 21.5 Å². The van der Waals surface area contributed by atoms with Crippen LogP contribution in [0.15, 0.2) is 97.1 Å². The minimum Gasteiger partial charge on any atom is -0.223 e. The standard InChI is InChI=1S/C24H18O2/c1-3-11-19-17(7-1)9-5-13-21(19)23-15-16-24(26-25-23)22-14-6-10-18-8-2-4-12-20(18)22/h1-16,23-24H/t23-,24+. The lowest BCUT2D eigenvalue weighted by Crippen LogP contribution is -2.13. The van der Waals surface area contributed by atoms with E-state index in [-0.39, 0.29) is 12.2 Å². The van der Waals surface area contributed by atoms with Gasteiger partial charge in [-0.15, -0.1) is 0 Å². The Morgan fingerprint density at radius 3 is 1.35 bits per heavy atom. The highest BCUT2D eigenvalue weighted by Gasteiger charge is 2.22. The molecule has 0 spiro atoms. The maximum Gasteiger partial charge on any atom is 0.137 e. The second-order valence-corrected chi connectivity index (χ2v) is 6.56. The van der Waals surface area contributed by atoms with Gasteiger partial charge in [-0.3, -0.25) is 0 Å². The monoisotopic (exact) mass is 338 g/mol. The fourth-order valence-corrected chi connectivity index (χ4v) is 3.69. The van der Waals surface area contributed by atoms with E-state index in [0.717, 1.165) is 11.1 Å². The molecule has 2 atom stereocenters. The maximum atomic E-state index is 5.80. The van der Waals surface area contributed by atoms with Crippen molar-refractivity contribution in [1.29, 1.82) is 0 Å². The molecule has 4 aromatic rings. The van der Waals surface area contributed by atoms with Crippen LogP contribution >= 0.6 is 0 Å². The molecule has 0 saturated heterocycles. The van der Waals surface area contributed by atoms with E-state index in [1.54, 1.807) is 0 Å². The quantitative estimate of drug-likeness (QED) is 0.316. The lowest BCUT2D eigenvalue weighted by atomic mass is 9.97. The van der Waals surface area contributed by atoms with Gasteiger partial charge in [0.15, 0.2) is 0 Å². The lowest BCUT2D eigenvalue weighted by Gasteiger charge is -2.25. The summed E-state index contributed by atoms with van der Waals surface area (Å²) in [4.78, 5) is 11.6. The van der Waals surface area contributed by atoms with E-state index >= 15 is 0 Å². The summed E-state index contributed by atoms with van der Waals surface area (Å²) in [6.45, 7) is 0. The van der Waals surface area contributed by atoms with Gasteiger partial charge in [0.25, 0.3) is 0 Å². The molecule has 0 N–H and O–H groups in total. The van der Waals surface area contributed by atoms with Crippen molar-refractivity contribution in [3.63, 3.8) is 0 Å². The first-order chi connectivity index (χ1) is 12.9. The minimum absolute atomic E-state index is 0.202. The molecule has 0 aromatic heterocycles. The summed E-state index contributed by atoms with van der Waals surface area (Å²) >= 11 is 0. The molecule has 0 saturated carbocycles. The van der Waals surface area contributed by atoms with E-state index in [1.807, 2.05) is 0 Å². The lowest BCUT2D eigenvalue weighted by molar-refractivity contribution is -0.344. The summed E-state index contributed by atoms with van der Waals surface area (Å²) in [6.07, 6.45) is 3.79. The summed E-state index contributed by atoms with van der Waals surface area (Å²) in [6, 6.07) is 29.2. The smallest absolute Gasteiger partial charge is 0.137 e. The Morgan fingerprint density at radius 2 is 0.885 bits per heavy atom. The highest BCUT2D eigenvalue weighted by Crippen LogP contribution is 2.36. The Balaban J connectivity index is 1.50. The van der Waals surface area contributed by atoms with Crippen molar-refractivity contribution in [3.8, 4) is 0 Å². The predicted molar refractivity (Wildman–Crippen MR) is 105 cm³/mol. The number of rotatable bonds is 2. The van der Waals surface area contributed by atoms with Gasteiger partial charge >= 0.3 is 0 Å². The first-order valence-corrected chi connectivity index (χ1v) is 8.86. The molecule has 2 heteroatoms. The summed E-state index contributed by atoms with van der Waals surface area (Å²) in [7, 11) is 0. The third-order valence-electron chi connectivity index (χ3n) is 4.98. The van der Waals surface area contributed by atoms with Crippen molar-refractivity contribution in [2.75, 3.05) is 0 Å². The topological polar surface area (TPSA) is 18.5 Å². The van der Waals surface area contributed by atoms with Gasteiger partial charge in [0.2, 0.25) is 0 Å². The maximum absolute atomic E-state index is 5.80. The third kappa shape index (κ3) is 2.60. The molecule has 0 radical (unpaired) electrons. The van der Waals surface area contributed by atoms with Crippen LogP contribution in [0.25, 0.3) is 21.5 Å². The van der Waals surface area contributed by atoms with Crippen molar-refractivity contribution >= 4 is 21.5 Å². The van der Waals surface area contributed by atoms with Crippen molar-refractivity contribution < 1.29 is 9.78 Å². The van der Waals surface area contributed by atoms with Gasteiger partial charge in [0, 0.05) is 0 Å². The molecule has 0 unspecified atom stereocenters. The normalized spacial score (nSPS) is 19.8. The van der Waals surface area contributed by atoms with Crippen LogP contribution in [0, 0.1) is 0 Å². The highest BCUT2D eigenvalue weighted by atomic mass is 17.2. The average molecular weight is 338 g/mol. The summed E-state index contributed by atoms with van der Waals surface area (Å²) < 4.78 is 0. The average Bonchev–Trinajstić information content (AvgIpc) is 2.73. The van der Waals surface area contributed by atoms with Gasteiger partial charge in [0.1, 0.15) is 12.2 Å². The van der Waals surface area contributed by atoms with E-state index in [0.29, 0.717) is 0 Å². The Hall–Kier alpha value is -2.94. The van der Waals surface area contributed by atoms with Gasteiger partial charge in [-0.25, -0.2) is 9.78 Å². The zero-order chi connectivity index (χ0) is 17.3. The van der Waals surface area contributed by atoms with Crippen LogP contribution in [0.5, 0.6) is 0 Å². The molecule has 4 aromatic carbocycles. The number of hydrogen-bond acceptors (Lipinski definition) is 2. The van der Waals surface area contributed by atoms with Crippen LogP contribution in [-0.4, -0.2) is 0 Å². The predicted octanol–water partition coefficient (Wildman–Crippen LogP) is 6.29. The molecule has 0 fully saturated rings. The van der Waals surface area contributed by atoms with Crippen LogP contribution in [0.1, 0.15) is 23.3 Å². The molecule has 0 amide bonds. The van der Waals surface area contributed by atoms with Crippen molar-refractivity contribution in [1.82, 2.24) is 0 Å². The van der Waals surface area contributed by atoms with E-state index in [2.05, 4.69) is 97.1 Å². The molecule has 5 rings (SSSR count). The second-order valence-electron chi connectivity index (χ2n) is 6.56. The molecule has 1 aliphatic heterocycles. The Kier molecular flexibility index (Phi) is 3.78. The first-order valence-electron chi connectivity index (χ1n) is 8.86. The second kappa shape index (κ2) is 6.41. The van der Waals surface area contributed by atoms with Gasteiger partial charge in [-0.2, -0.15) is 0 Å². The summed E-state index contributed by atoms with van der Waals surface area (Å²) in [5.74, 6) is 0. The fraction of sp³-hybridized carbons (Fsp3) is 0.0833. The third-order valence-corrected chi connectivity index (χ3v) is 4.98. The van der Waals surface area contributed by atoms with Crippen LogP contribution in [0.3, 0.4) is 0 Å². The van der Waals surface area contributed by atoms with Gasteiger partial charge in [-0.1, -0.05) is 84.9 Å². The molecule has 2 nitrogen and oxygen atoms in total. The van der Waals surface area contributed by atoms with Gasteiger partial charge in [-0.05, 0) is 44.8 Å². The molecule has 1 aliphatic rings. The van der Waals surface area contributed by atoms with Crippen LogP contribution in [0.2, 0.25) is 0 Å². The van der Waals surface area contributed by atoms with Crippen molar-refractivity contribution in [2.45, 2.75) is 12.2 Å². The zero-order valence-corrected chi connectivity index (χ0v) is 14.2. The molecule has 26 heavy (non-hydrogen) atoms. The van der Waals surface area contributed by atoms with Gasteiger partial charge < -0.3 is 0 Å². The van der Waals surface area contributed by atoms with Crippen LogP contribution in [-0.2, 0) is 9.78 Å². The summed E-state index contributed by atoms with van der Waals surface area (Å²) in [5.41, 5.74) is 2.24. The van der Waals surface area contributed by atoms with Crippen LogP contribution < -0.4 is 0 Å². The van der Waals surface area contributed by atoms with E-state index in [9.17, 15) is 0 Å². The molecule has 126 valence electrons. The Bertz CT molecular complexity index is 1010. The van der Waals surface area contributed by atoms with Crippen molar-refractivity contribution in [2.24, 2.45) is 0 Å². The van der Waals surface area contributed by atoms with E-state index in [4.69, 9.17) is 9.78 Å². The summed E-state index contributed by atoms with van der Waals surface area (Å²) in [5, 5.41) is 4.80. The Morgan fingerprint density at radius 1 is 0.462 bits per heavy atom. The SMILES string of the molecule is C1=C[C@H](c2cccc3ccccc23)OO[C@@H]1c1cccc2ccccc12. The molecule has 1 heterocycles. The van der Waals surface area contributed by atoms with Crippen LogP contribution in [0.4, 0.5) is 0 Å². The highest BCUT2D eigenvalue weighted by molar-refractivity contribution is 5.87. The molecule has 0 aliphatic carbocycles. The largest absolute Gasteiger partial charge is 0.223 e. The van der Waals surface area contributed by atoms with Gasteiger partial charge in [0.05, 0.1) is 0 Å². The van der Waals surface area contributed by atoms with E-state index < -0.39 is 0 Å². The molecular weight excluding hydrogens is 320 g/mol. The zero-order valence-electron chi connectivity index (χ0n) is 14.2. The minimum atomic E-state index is -0.202. The molecule has 0 bridgehead atoms. The Labute approximate surface area is 152 Å². The number of hydrogen-bond donors (Lipinski definition) is 0. The fourth-order valence-electron chi connectivity index (χ4n) is 3.69.